The van der Waals surface area contributed by atoms with Gasteiger partial charge >= 0.3 is 5.97 Å². The number of nitriles is 1. The minimum atomic E-state index is -0.964. The van der Waals surface area contributed by atoms with Crippen LogP contribution in [0.3, 0.4) is 0 Å². The van der Waals surface area contributed by atoms with E-state index in [1.54, 1.807) is 12.1 Å². The fourth-order valence-corrected chi connectivity index (χ4v) is 2.34. The molecule has 0 aromatic heterocycles. The first-order chi connectivity index (χ1) is 11.4. The maximum Gasteiger partial charge on any atom is 0.305 e. The first kappa shape index (κ1) is 19.3. The molecule has 0 aliphatic heterocycles. The third-order valence-electron chi connectivity index (χ3n) is 3.90. The number of aliphatic carboxylic acids is 1. The van der Waals surface area contributed by atoms with E-state index >= 15 is 0 Å². The van der Waals surface area contributed by atoms with Gasteiger partial charge in [-0.05, 0) is 25.0 Å². The highest BCUT2D eigenvalue weighted by molar-refractivity contribution is 5.79. The summed E-state index contributed by atoms with van der Waals surface area (Å²) in [7, 11) is 1.44. The Balaban J connectivity index is 2.75. The van der Waals surface area contributed by atoms with Crippen molar-refractivity contribution < 1.29 is 24.2 Å². The molecule has 0 saturated carbocycles. The first-order valence-electron chi connectivity index (χ1n) is 7.63. The molecule has 0 aliphatic rings. The van der Waals surface area contributed by atoms with Crippen LogP contribution in [-0.4, -0.2) is 36.2 Å². The number of carbonyl (C=O) groups is 2. The SMILES string of the molecule is CCC(CC)(CC(=O)O)NC(=O)COc1ccc(C#N)cc1OC. The van der Waals surface area contributed by atoms with Gasteiger partial charge in [0.05, 0.1) is 30.7 Å². The van der Waals surface area contributed by atoms with E-state index in [1.807, 2.05) is 19.9 Å². The van der Waals surface area contributed by atoms with Gasteiger partial charge in [0.2, 0.25) is 0 Å². The molecule has 24 heavy (non-hydrogen) atoms. The van der Waals surface area contributed by atoms with E-state index in [1.165, 1.54) is 13.2 Å². The molecule has 7 nitrogen and oxygen atoms in total. The summed E-state index contributed by atoms with van der Waals surface area (Å²) in [5.41, 5.74) is -0.373. The van der Waals surface area contributed by atoms with Crippen LogP contribution in [0.5, 0.6) is 11.5 Å². The van der Waals surface area contributed by atoms with Crippen LogP contribution in [0.1, 0.15) is 38.7 Å². The van der Waals surface area contributed by atoms with Crippen LogP contribution in [-0.2, 0) is 9.59 Å². The van der Waals surface area contributed by atoms with Crippen LogP contribution in [0.2, 0.25) is 0 Å². The largest absolute Gasteiger partial charge is 0.493 e. The third-order valence-corrected chi connectivity index (χ3v) is 3.90. The number of benzene rings is 1. The zero-order valence-electron chi connectivity index (χ0n) is 14.1. The molecule has 2 N–H and O–H groups in total. The summed E-state index contributed by atoms with van der Waals surface area (Å²) in [4.78, 5) is 23.1. The van der Waals surface area contributed by atoms with Gasteiger partial charge in [-0.25, -0.2) is 0 Å². The molecule has 0 heterocycles. The Morgan fingerprint density at radius 3 is 2.46 bits per heavy atom. The maximum absolute atomic E-state index is 12.1. The van der Waals surface area contributed by atoms with Crippen molar-refractivity contribution in [1.82, 2.24) is 5.32 Å². The molecular formula is C17H22N2O5. The lowest BCUT2D eigenvalue weighted by molar-refractivity contribution is -0.139. The van der Waals surface area contributed by atoms with Crippen LogP contribution in [0.4, 0.5) is 0 Å². The number of nitrogens with one attached hydrogen (secondary N) is 1. The summed E-state index contributed by atoms with van der Waals surface area (Å²) in [5, 5.41) is 20.6. The number of rotatable bonds is 9. The lowest BCUT2D eigenvalue weighted by atomic mass is 9.89. The van der Waals surface area contributed by atoms with Gasteiger partial charge in [-0.2, -0.15) is 5.26 Å². The summed E-state index contributed by atoms with van der Waals surface area (Å²) in [6.45, 7) is 3.39. The number of hydrogen-bond donors (Lipinski definition) is 2. The van der Waals surface area contributed by atoms with Crippen LogP contribution in [0.25, 0.3) is 0 Å². The second-order valence-corrected chi connectivity index (χ2v) is 5.37. The molecule has 130 valence electrons. The number of methoxy groups -OCH3 is 1. The van der Waals surface area contributed by atoms with Gasteiger partial charge in [0.25, 0.3) is 5.91 Å². The van der Waals surface area contributed by atoms with Gasteiger partial charge in [-0.3, -0.25) is 9.59 Å². The van der Waals surface area contributed by atoms with E-state index in [4.69, 9.17) is 19.8 Å². The zero-order valence-corrected chi connectivity index (χ0v) is 14.1. The normalized spacial score (nSPS) is 10.6. The number of carbonyl (C=O) groups excluding carboxylic acids is 1. The molecule has 1 rings (SSSR count). The quantitative estimate of drug-likeness (QED) is 0.716. The molecule has 7 heteroatoms. The Morgan fingerprint density at radius 2 is 1.96 bits per heavy atom. The highest BCUT2D eigenvalue weighted by Crippen LogP contribution is 2.28. The molecule has 1 amide bonds. The lowest BCUT2D eigenvalue weighted by Crippen LogP contribution is -2.50. The van der Waals surface area contributed by atoms with Crippen LogP contribution in [0, 0.1) is 11.3 Å². The van der Waals surface area contributed by atoms with Crippen LogP contribution in [0.15, 0.2) is 18.2 Å². The standard InChI is InChI=1S/C17H22N2O5/c1-4-17(5-2,9-16(21)22)19-15(20)11-24-13-7-6-12(10-18)8-14(13)23-3/h6-8H,4-5,9,11H2,1-3H3,(H,19,20)(H,21,22). The summed E-state index contributed by atoms with van der Waals surface area (Å²) in [5.74, 6) is -0.687. The van der Waals surface area contributed by atoms with Gasteiger partial charge in [-0.15, -0.1) is 0 Å². The molecular weight excluding hydrogens is 312 g/mol. The predicted octanol–water partition coefficient (Wildman–Crippen LogP) is 2.10. The average molecular weight is 334 g/mol. The Hall–Kier alpha value is -2.75. The Bertz CT molecular complexity index is 632. The van der Waals surface area contributed by atoms with Gasteiger partial charge < -0.3 is 19.9 Å². The number of nitrogens with zero attached hydrogens (tertiary/aromatic N) is 1. The minimum Gasteiger partial charge on any atom is -0.493 e. The van der Waals surface area contributed by atoms with Gasteiger partial charge in [0.1, 0.15) is 0 Å². The summed E-state index contributed by atoms with van der Waals surface area (Å²) in [6, 6.07) is 6.61. The topological polar surface area (TPSA) is 109 Å². The Kier molecular flexibility index (Phi) is 7.05. The van der Waals surface area contributed by atoms with E-state index in [2.05, 4.69) is 5.32 Å². The van der Waals surface area contributed by atoms with Gasteiger partial charge in [0.15, 0.2) is 18.1 Å². The number of carboxylic acids is 1. The monoisotopic (exact) mass is 334 g/mol. The molecule has 1 aromatic rings. The second-order valence-electron chi connectivity index (χ2n) is 5.37. The van der Waals surface area contributed by atoms with Gasteiger partial charge in [-0.1, -0.05) is 13.8 Å². The van der Waals surface area contributed by atoms with Crippen molar-refractivity contribution in [1.29, 1.82) is 5.26 Å². The van der Waals surface area contributed by atoms with Crippen molar-refractivity contribution in [2.75, 3.05) is 13.7 Å². The predicted molar refractivity (Wildman–Crippen MR) is 86.9 cm³/mol. The average Bonchev–Trinajstić information content (AvgIpc) is 2.58. The molecule has 0 radical (unpaired) electrons. The van der Waals surface area contributed by atoms with E-state index in [-0.39, 0.29) is 13.0 Å². The second kappa shape index (κ2) is 8.77. The fraction of sp³-hybridized carbons (Fsp3) is 0.471. The number of amides is 1. The van der Waals surface area contributed by atoms with Crippen molar-refractivity contribution in [3.05, 3.63) is 23.8 Å². The molecule has 0 bridgehead atoms. The first-order valence-corrected chi connectivity index (χ1v) is 7.63. The van der Waals surface area contributed by atoms with Crippen LogP contribution < -0.4 is 14.8 Å². The van der Waals surface area contributed by atoms with Crippen molar-refractivity contribution in [2.45, 2.75) is 38.6 Å². The van der Waals surface area contributed by atoms with E-state index in [0.29, 0.717) is 29.9 Å². The number of ether oxygens (including phenoxy) is 2. The summed E-state index contributed by atoms with van der Waals surface area (Å²) in [6.07, 6.45) is 0.857. The maximum atomic E-state index is 12.1. The van der Waals surface area contributed by atoms with E-state index in [0.717, 1.165) is 0 Å². The third kappa shape index (κ3) is 5.16. The van der Waals surface area contributed by atoms with Crippen LogP contribution >= 0.6 is 0 Å². The van der Waals surface area contributed by atoms with E-state index in [9.17, 15) is 9.59 Å². The smallest absolute Gasteiger partial charge is 0.305 e. The summed E-state index contributed by atoms with van der Waals surface area (Å²) < 4.78 is 10.6. The Morgan fingerprint density at radius 1 is 1.29 bits per heavy atom. The molecule has 0 spiro atoms. The van der Waals surface area contributed by atoms with Crippen molar-refractivity contribution in [3.8, 4) is 17.6 Å². The molecule has 0 saturated heterocycles. The molecule has 0 unspecified atom stereocenters. The zero-order chi connectivity index (χ0) is 18.2. The highest BCUT2D eigenvalue weighted by atomic mass is 16.5. The van der Waals surface area contributed by atoms with Gasteiger partial charge in [0, 0.05) is 6.07 Å². The van der Waals surface area contributed by atoms with Crippen molar-refractivity contribution >= 4 is 11.9 Å². The highest BCUT2D eigenvalue weighted by Gasteiger charge is 2.31. The van der Waals surface area contributed by atoms with E-state index < -0.39 is 17.4 Å². The lowest BCUT2D eigenvalue weighted by Gasteiger charge is -2.31. The fourth-order valence-electron chi connectivity index (χ4n) is 2.34. The molecule has 1 aromatic carbocycles. The Labute approximate surface area is 141 Å². The number of hydrogen-bond acceptors (Lipinski definition) is 5. The molecule has 0 fully saturated rings. The number of carboxylic acid groups (broad SMARTS) is 1. The van der Waals surface area contributed by atoms with Crippen molar-refractivity contribution in [3.63, 3.8) is 0 Å². The van der Waals surface area contributed by atoms with Crippen molar-refractivity contribution in [2.24, 2.45) is 0 Å². The molecule has 0 atom stereocenters. The summed E-state index contributed by atoms with van der Waals surface area (Å²) >= 11 is 0. The minimum absolute atomic E-state index is 0.147. The molecule has 0 aliphatic carbocycles.